The van der Waals surface area contributed by atoms with E-state index in [4.69, 9.17) is 15.0 Å². The summed E-state index contributed by atoms with van der Waals surface area (Å²) in [5, 5.41) is 7.20. The van der Waals surface area contributed by atoms with E-state index in [2.05, 4.69) is 220 Å². The van der Waals surface area contributed by atoms with Crippen LogP contribution in [0.2, 0.25) is 0 Å². The van der Waals surface area contributed by atoms with Crippen LogP contribution >= 0.6 is 0 Å². The van der Waals surface area contributed by atoms with E-state index in [-0.39, 0.29) is 0 Å². The second-order valence-electron chi connectivity index (χ2n) is 17.5. The zero-order valence-electron chi connectivity index (χ0n) is 37.3. The largest absolute Gasteiger partial charge is 0.309 e. The van der Waals surface area contributed by atoms with Crippen molar-refractivity contribution in [3.63, 3.8) is 0 Å². The topological polar surface area (TPSA) is 53.5 Å². The summed E-state index contributed by atoms with van der Waals surface area (Å²) in [4.78, 5) is 15.6. The molecule has 69 heavy (non-hydrogen) atoms. The average molecular weight is 881 g/mol. The van der Waals surface area contributed by atoms with Crippen molar-refractivity contribution >= 4 is 65.4 Å². The summed E-state index contributed by atoms with van der Waals surface area (Å²) in [6.07, 6.45) is 0. The van der Waals surface area contributed by atoms with Gasteiger partial charge in [-0.2, -0.15) is 0 Å². The monoisotopic (exact) mass is 880 g/mol. The molecule has 6 heteroatoms. The highest BCUT2D eigenvalue weighted by atomic mass is 15.1. The Balaban J connectivity index is 1.08. The van der Waals surface area contributed by atoms with Gasteiger partial charge in [0.1, 0.15) is 0 Å². The molecule has 322 valence electrons. The van der Waals surface area contributed by atoms with Crippen molar-refractivity contribution in [1.29, 1.82) is 0 Å². The second-order valence-corrected chi connectivity index (χ2v) is 17.5. The lowest BCUT2D eigenvalue weighted by atomic mass is 9.95. The van der Waals surface area contributed by atoms with Crippen LogP contribution in [0.4, 0.5) is 0 Å². The molecule has 0 unspecified atom stereocenters. The summed E-state index contributed by atoms with van der Waals surface area (Å²) in [5.74, 6) is 1.84. The maximum absolute atomic E-state index is 5.27. The van der Waals surface area contributed by atoms with Crippen molar-refractivity contribution in [2.45, 2.75) is 0 Å². The first-order chi connectivity index (χ1) is 34.3. The molecule has 0 amide bonds. The number of para-hydroxylation sites is 5. The number of nitrogens with zero attached hydrogens (tertiary/aromatic N) is 6. The first-order valence-corrected chi connectivity index (χ1v) is 23.4. The molecule has 0 saturated heterocycles. The van der Waals surface area contributed by atoms with Crippen LogP contribution in [-0.2, 0) is 0 Å². The third-order valence-corrected chi connectivity index (χ3v) is 13.7. The number of hydrogen-bond donors (Lipinski definition) is 0. The number of hydrogen-bond acceptors (Lipinski definition) is 3. The van der Waals surface area contributed by atoms with E-state index in [1.165, 1.54) is 38.0 Å². The van der Waals surface area contributed by atoms with E-state index in [0.29, 0.717) is 17.5 Å². The van der Waals surface area contributed by atoms with Gasteiger partial charge in [-0.3, -0.25) is 0 Å². The van der Waals surface area contributed by atoms with Crippen LogP contribution in [0.1, 0.15) is 0 Å². The molecule has 0 atom stereocenters. The number of benzene rings is 10. The minimum atomic E-state index is 0.599. The molecular weight excluding hydrogens is 841 g/mol. The molecule has 0 saturated carbocycles. The van der Waals surface area contributed by atoms with Gasteiger partial charge in [0, 0.05) is 60.4 Å². The second kappa shape index (κ2) is 15.6. The fourth-order valence-electron chi connectivity index (χ4n) is 10.8. The molecule has 0 radical (unpaired) electrons. The van der Waals surface area contributed by atoms with E-state index in [0.717, 1.165) is 72.3 Å². The highest BCUT2D eigenvalue weighted by molar-refractivity contribution is 6.22. The van der Waals surface area contributed by atoms with Gasteiger partial charge in [-0.25, -0.2) is 15.0 Å². The first kappa shape index (κ1) is 38.8. The minimum Gasteiger partial charge on any atom is -0.309 e. The lowest BCUT2D eigenvalue weighted by Gasteiger charge is -2.15. The van der Waals surface area contributed by atoms with E-state index >= 15 is 0 Å². The van der Waals surface area contributed by atoms with E-state index < -0.39 is 0 Å². The van der Waals surface area contributed by atoms with Crippen LogP contribution in [0.25, 0.3) is 128 Å². The average Bonchev–Trinajstić information content (AvgIpc) is 4.07. The Morgan fingerprint density at radius 3 is 1.28 bits per heavy atom. The molecule has 0 aliphatic carbocycles. The standard InChI is InChI=1S/C63H40N6/c1-4-20-41(21-5-1)61-64-62(42-22-6-2-7-23-42)66-63(65-61)51-29-13-17-35-55(51)69-57-37-19-31-48(47-30-18-36-56-59(47)49-28-12-16-34-54(49)67(56)43-24-8-3-9-25-43)60(57)50-39-38-44(40-58(50)69)68-52-32-14-10-26-45(52)46-27-11-15-33-53(46)68/h1-40H. The van der Waals surface area contributed by atoms with Gasteiger partial charge in [-0.1, -0.05) is 176 Å². The molecule has 0 N–H and O–H groups in total. The molecule has 4 heterocycles. The van der Waals surface area contributed by atoms with E-state index in [1.54, 1.807) is 0 Å². The molecule has 0 aliphatic rings. The normalized spacial score (nSPS) is 11.8. The van der Waals surface area contributed by atoms with Crippen LogP contribution < -0.4 is 0 Å². The zero-order valence-corrected chi connectivity index (χ0v) is 37.3. The molecule has 0 bridgehead atoms. The van der Waals surface area contributed by atoms with Crippen LogP contribution in [0, 0.1) is 0 Å². The molecule has 0 fully saturated rings. The molecule has 0 aliphatic heterocycles. The summed E-state index contributed by atoms with van der Waals surface area (Å²) in [5.41, 5.74) is 15.1. The van der Waals surface area contributed by atoms with Crippen molar-refractivity contribution in [2.75, 3.05) is 0 Å². The third kappa shape index (κ3) is 6.09. The Kier molecular flexibility index (Phi) is 8.79. The quantitative estimate of drug-likeness (QED) is 0.160. The predicted molar refractivity (Wildman–Crippen MR) is 285 cm³/mol. The van der Waals surface area contributed by atoms with Crippen LogP contribution in [0.5, 0.6) is 0 Å². The Morgan fingerprint density at radius 2 is 0.667 bits per heavy atom. The fourth-order valence-corrected chi connectivity index (χ4v) is 10.8. The SMILES string of the molecule is c1ccc(-c2nc(-c3ccccc3)nc(-c3ccccc3-n3c4cc(-n5c6ccccc6c6ccccc65)ccc4c4c(-c5cccc6c5c5ccccc5n6-c5ccccc5)cccc43)n2)cc1. The smallest absolute Gasteiger partial charge is 0.166 e. The Bertz CT molecular complexity index is 4190. The van der Waals surface area contributed by atoms with E-state index in [9.17, 15) is 0 Å². The summed E-state index contributed by atoms with van der Waals surface area (Å²) in [6, 6.07) is 86.4. The Labute approximate surface area is 397 Å². The highest BCUT2D eigenvalue weighted by Crippen LogP contribution is 2.46. The van der Waals surface area contributed by atoms with Gasteiger partial charge in [-0.05, 0) is 77.9 Å². The maximum atomic E-state index is 5.27. The Morgan fingerprint density at radius 1 is 0.246 bits per heavy atom. The fraction of sp³-hybridized carbons (Fsp3) is 0. The van der Waals surface area contributed by atoms with Crippen molar-refractivity contribution in [3.05, 3.63) is 243 Å². The third-order valence-electron chi connectivity index (χ3n) is 13.7. The molecule has 14 rings (SSSR count). The van der Waals surface area contributed by atoms with Gasteiger partial charge in [0.2, 0.25) is 0 Å². The van der Waals surface area contributed by atoms with Crippen molar-refractivity contribution < 1.29 is 0 Å². The lowest BCUT2D eigenvalue weighted by molar-refractivity contribution is 1.06. The molecule has 6 nitrogen and oxygen atoms in total. The number of fused-ring (bicyclic) bond motifs is 9. The number of aromatic nitrogens is 6. The molecule has 0 spiro atoms. The van der Waals surface area contributed by atoms with Crippen molar-refractivity contribution in [3.8, 4) is 62.4 Å². The van der Waals surface area contributed by atoms with Crippen LogP contribution in [-0.4, -0.2) is 28.7 Å². The summed E-state index contributed by atoms with van der Waals surface area (Å²) in [7, 11) is 0. The van der Waals surface area contributed by atoms with E-state index in [1.807, 2.05) is 36.4 Å². The minimum absolute atomic E-state index is 0.599. The zero-order chi connectivity index (χ0) is 45.4. The molecule has 10 aromatic carbocycles. The van der Waals surface area contributed by atoms with Crippen molar-refractivity contribution in [1.82, 2.24) is 28.7 Å². The summed E-state index contributed by atoms with van der Waals surface area (Å²) >= 11 is 0. The van der Waals surface area contributed by atoms with Gasteiger partial charge in [0.15, 0.2) is 17.5 Å². The molecule has 4 aromatic heterocycles. The van der Waals surface area contributed by atoms with Gasteiger partial charge >= 0.3 is 0 Å². The summed E-state index contributed by atoms with van der Waals surface area (Å²) in [6.45, 7) is 0. The Hall–Kier alpha value is -9.39. The number of rotatable bonds is 7. The lowest BCUT2D eigenvalue weighted by Crippen LogP contribution is -2.03. The van der Waals surface area contributed by atoms with Gasteiger partial charge in [0.05, 0.1) is 38.8 Å². The first-order valence-electron chi connectivity index (χ1n) is 23.4. The summed E-state index contributed by atoms with van der Waals surface area (Å²) < 4.78 is 7.23. The van der Waals surface area contributed by atoms with Gasteiger partial charge < -0.3 is 13.7 Å². The molecule has 14 aromatic rings. The molecular formula is C63H40N6. The van der Waals surface area contributed by atoms with Crippen molar-refractivity contribution in [2.24, 2.45) is 0 Å². The maximum Gasteiger partial charge on any atom is 0.166 e. The van der Waals surface area contributed by atoms with Gasteiger partial charge in [0.25, 0.3) is 0 Å². The highest BCUT2D eigenvalue weighted by Gasteiger charge is 2.24. The van der Waals surface area contributed by atoms with Gasteiger partial charge in [-0.15, -0.1) is 0 Å². The van der Waals surface area contributed by atoms with Crippen LogP contribution in [0.15, 0.2) is 243 Å². The van der Waals surface area contributed by atoms with Crippen LogP contribution in [0.3, 0.4) is 0 Å². The predicted octanol–water partition coefficient (Wildman–Crippen LogP) is 15.8.